The Bertz CT molecular complexity index is 827. The largest absolute Gasteiger partial charge is 0.496 e. The standard InChI is InChI=1S/C17H20N6O2/c1-11(2)15(23-8-4-5-9-23)17(24)18-12-6-7-14(25-3)13(10-12)16-19-21-22-20-16/h4-11,15H,1-3H3,(H,18,24)(H,19,20,21,22). The summed E-state index contributed by atoms with van der Waals surface area (Å²) in [7, 11) is 1.57. The van der Waals surface area contributed by atoms with E-state index in [1.807, 2.05) is 42.9 Å². The summed E-state index contributed by atoms with van der Waals surface area (Å²) in [5.74, 6) is 1.06. The van der Waals surface area contributed by atoms with Crippen molar-refractivity contribution in [3.63, 3.8) is 0 Å². The van der Waals surface area contributed by atoms with Crippen LogP contribution >= 0.6 is 0 Å². The van der Waals surface area contributed by atoms with E-state index in [0.29, 0.717) is 22.8 Å². The Morgan fingerprint density at radius 2 is 2.04 bits per heavy atom. The number of hydrogen-bond acceptors (Lipinski definition) is 5. The number of H-pyrrole nitrogens is 1. The molecule has 0 saturated carbocycles. The SMILES string of the molecule is COc1ccc(NC(=O)C(C(C)C)n2cccc2)cc1-c1nn[nH]n1. The summed E-state index contributed by atoms with van der Waals surface area (Å²) >= 11 is 0. The number of anilines is 1. The molecule has 25 heavy (non-hydrogen) atoms. The summed E-state index contributed by atoms with van der Waals surface area (Å²) < 4.78 is 7.24. The Kier molecular flexibility index (Phi) is 4.78. The number of tetrazole rings is 1. The average Bonchev–Trinajstić information content (AvgIpc) is 3.28. The predicted molar refractivity (Wildman–Crippen MR) is 93.1 cm³/mol. The summed E-state index contributed by atoms with van der Waals surface area (Å²) in [6.45, 7) is 4.03. The van der Waals surface area contributed by atoms with Gasteiger partial charge < -0.3 is 14.6 Å². The van der Waals surface area contributed by atoms with Crippen LogP contribution in [-0.2, 0) is 4.79 Å². The molecule has 3 rings (SSSR count). The Balaban J connectivity index is 1.87. The van der Waals surface area contributed by atoms with Crippen molar-refractivity contribution < 1.29 is 9.53 Å². The molecule has 0 aliphatic carbocycles. The summed E-state index contributed by atoms with van der Waals surface area (Å²) in [5.41, 5.74) is 1.29. The van der Waals surface area contributed by atoms with Crippen LogP contribution in [0.5, 0.6) is 5.75 Å². The zero-order valence-electron chi connectivity index (χ0n) is 14.3. The smallest absolute Gasteiger partial charge is 0.247 e. The van der Waals surface area contributed by atoms with Crippen molar-refractivity contribution in [3.05, 3.63) is 42.7 Å². The number of aromatic amines is 1. The molecule has 8 heteroatoms. The second kappa shape index (κ2) is 7.16. The highest BCUT2D eigenvalue weighted by Crippen LogP contribution is 2.30. The third-order valence-corrected chi connectivity index (χ3v) is 3.90. The first kappa shape index (κ1) is 16.7. The molecular weight excluding hydrogens is 320 g/mol. The van der Waals surface area contributed by atoms with E-state index in [1.165, 1.54) is 0 Å². The minimum atomic E-state index is -0.300. The van der Waals surface area contributed by atoms with E-state index in [4.69, 9.17) is 4.74 Å². The quantitative estimate of drug-likeness (QED) is 0.718. The summed E-state index contributed by atoms with van der Waals surface area (Å²) in [4.78, 5) is 12.8. The van der Waals surface area contributed by atoms with E-state index >= 15 is 0 Å². The van der Waals surface area contributed by atoms with E-state index in [0.717, 1.165) is 0 Å². The highest BCUT2D eigenvalue weighted by Gasteiger charge is 2.24. The van der Waals surface area contributed by atoms with Crippen LogP contribution in [0.15, 0.2) is 42.7 Å². The number of hydrogen-bond donors (Lipinski definition) is 2. The predicted octanol–water partition coefficient (Wildman–Crippen LogP) is 2.51. The monoisotopic (exact) mass is 340 g/mol. The molecule has 8 nitrogen and oxygen atoms in total. The molecule has 1 atom stereocenters. The molecule has 130 valence electrons. The van der Waals surface area contributed by atoms with E-state index < -0.39 is 0 Å². The minimum absolute atomic E-state index is 0.0876. The van der Waals surface area contributed by atoms with E-state index in [9.17, 15) is 4.79 Å². The molecule has 1 unspecified atom stereocenters. The number of methoxy groups -OCH3 is 1. The number of nitrogens with zero attached hydrogens (tertiary/aromatic N) is 4. The highest BCUT2D eigenvalue weighted by molar-refractivity contribution is 5.94. The van der Waals surface area contributed by atoms with Crippen LogP contribution in [-0.4, -0.2) is 38.2 Å². The molecular formula is C17H20N6O2. The molecule has 0 spiro atoms. The number of aromatic nitrogens is 5. The lowest BCUT2D eigenvalue weighted by Gasteiger charge is -2.22. The minimum Gasteiger partial charge on any atom is -0.496 e. The van der Waals surface area contributed by atoms with Gasteiger partial charge >= 0.3 is 0 Å². The zero-order chi connectivity index (χ0) is 17.8. The first-order valence-corrected chi connectivity index (χ1v) is 7.95. The molecule has 2 N–H and O–H groups in total. The van der Waals surface area contributed by atoms with E-state index in [1.54, 1.807) is 25.3 Å². The number of carbonyl (C=O) groups is 1. The van der Waals surface area contributed by atoms with Crippen molar-refractivity contribution >= 4 is 11.6 Å². The van der Waals surface area contributed by atoms with Crippen LogP contribution in [0.25, 0.3) is 11.4 Å². The van der Waals surface area contributed by atoms with Gasteiger partial charge in [0.1, 0.15) is 11.8 Å². The Labute approximate surface area is 145 Å². The van der Waals surface area contributed by atoms with Crippen LogP contribution in [0.2, 0.25) is 0 Å². The third-order valence-electron chi connectivity index (χ3n) is 3.90. The number of rotatable bonds is 6. The molecule has 2 heterocycles. The highest BCUT2D eigenvalue weighted by atomic mass is 16.5. The van der Waals surface area contributed by atoms with Crippen LogP contribution in [0.1, 0.15) is 19.9 Å². The van der Waals surface area contributed by atoms with Gasteiger partial charge in [0, 0.05) is 18.1 Å². The second-order valence-corrected chi connectivity index (χ2v) is 5.96. The number of ether oxygens (including phenoxy) is 1. The number of benzene rings is 1. The normalized spacial score (nSPS) is 12.2. The summed E-state index contributed by atoms with van der Waals surface area (Å²) in [6, 6.07) is 8.84. The summed E-state index contributed by atoms with van der Waals surface area (Å²) in [6.07, 6.45) is 3.78. The van der Waals surface area contributed by atoms with Gasteiger partial charge in [-0.2, -0.15) is 5.21 Å². The molecule has 0 saturated heterocycles. The van der Waals surface area contributed by atoms with Crippen molar-refractivity contribution in [2.24, 2.45) is 5.92 Å². The van der Waals surface area contributed by atoms with Gasteiger partial charge in [0.05, 0.1) is 12.7 Å². The van der Waals surface area contributed by atoms with Gasteiger partial charge in [0.15, 0.2) is 0 Å². The molecule has 0 radical (unpaired) electrons. The topological polar surface area (TPSA) is 97.7 Å². The molecule has 0 fully saturated rings. The molecule has 1 amide bonds. The first-order chi connectivity index (χ1) is 12.1. The van der Waals surface area contributed by atoms with Crippen molar-refractivity contribution in [2.45, 2.75) is 19.9 Å². The van der Waals surface area contributed by atoms with Crippen molar-refractivity contribution in [3.8, 4) is 17.1 Å². The number of carbonyl (C=O) groups excluding carboxylic acids is 1. The zero-order valence-corrected chi connectivity index (χ0v) is 14.3. The second-order valence-electron chi connectivity index (χ2n) is 5.96. The van der Waals surface area contributed by atoms with Gasteiger partial charge in [0.2, 0.25) is 11.7 Å². The van der Waals surface area contributed by atoms with Gasteiger partial charge in [-0.05, 0) is 41.5 Å². The van der Waals surface area contributed by atoms with Gasteiger partial charge in [-0.1, -0.05) is 13.8 Å². The fraction of sp³-hybridized carbons (Fsp3) is 0.294. The average molecular weight is 340 g/mol. The fourth-order valence-corrected chi connectivity index (χ4v) is 2.77. The first-order valence-electron chi connectivity index (χ1n) is 7.95. The fourth-order valence-electron chi connectivity index (χ4n) is 2.77. The third kappa shape index (κ3) is 3.52. The number of nitrogens with one attached hydrogen (secondary N) is 2. The van der Waals surface area contributed by atoms with Gasteiger partial charge in [0.25, 0.3) is 0 Å². The molecule has 0 aliphatic rings. The van der Waals surface area contributed by atoms with Crippen molar-refractivity contribution in [1.29, 1.82) is 0 Å². The maximum Gasteiger partial charge on any atom is 0.247 e. The van der Waals surface area contributed by atoms with Gasteiger partial charge in [-0.15, -0.1) is 10.2 Å². The van der Waals surface area contributed by atoms with Crippen LogP contribution < -0.4 is 10.1 Å². The molecule has 3 aromatic rings. The van der Waals surface area contributed by atoms with E-state index in [2.05, 4.69) is 25.9 Å². The van der Waals surface area contributed by atoms with Gasteiger partial charge in [-0.25, -0.2) is 0 Å². The van der Waals surface area contributed by atoms with Crippen LogP contribution in [0, 0.1) is 5.92 Å². The maximum atomic E-state index is 12.8. The summed E-state index contributed by atoms with van der Waals surface area (Å²) in [5, 5.41) is 16.9. The lowest BCUT2D eigenvalue weighted by atomic mass is 10.0. The van der Waals surface area contributed by atoms with Gasteiger partial charge in [-0.3, -0.25) is 4.79 Å². The van der Waals surface area contributed by atoms with Crippen molar-refractivity contribution in [1.82, 2.24) is 25.2 Å². The lowest BCUT2D eigenvalue weighted by Crippen LogP contribution is -2.29. The van der Waals surface area contributed by atoms with Crippen LogP contribution in [0.4, 0.5) is 5.69 Å². The molecule has 2 aromatic heterocycles. The Hall–Kier alpha value is -3.16. The molecule has 0 aliphatic heterocycles. The molecule has 1 aromatic carbocycles. The lowest BCUT2D eigenvalue weighted by molar-refractivity contribution is -0.120. The Morgan fingerprint density at radius 3 is 2.64 bits per heavy atom. The maximum absolute atomic E-state index is 12.8. The van der Waals surface area contributed by atoms with Crippen molar-refractivity contribution in [2.75, 3.05) is 12.4 Å². The van der Waals surface area contributed by atoms with Crippen LogP contribution in [0.3, 0.4) is 0 Å². The number of amides is 1. The Morgan fingerprint density at radius 1 is 1.28 bits per heavy atom. The van der Waals surface area contributed by atoms with E-state index in [-0.39, 0.29) is 17.9 Å². The molecule has 0 bridgehead atoms.